The normalized spacial score (nSPS) is 24.9. The van der Waals surface area contributed by atoms with Gasteiger partial charge in [0.15, 0.2) is 6.23 Å². The molecule has 40 heavy (non-hydrogen) atoms. The molecule has 14 heteroatoms. The summed E-state index contributed by atoms with van der Waals surface area (Å²) in [5, 5.41) is 26.1. The third-order valence-electron chi connectivity index (χ3n) is 6.18. The van der Waals surface area contributed by atoms with Gasteiger partial charge in [0.1, 0.15) is 23.6 Å². The molecule has 1 aliphatic rings. The van der Waals surface area contributed by atoms with Crippen molar-refractivity contribution in [2.45, 2.75) is 57.8 Å². The number of nitrogens with one attached hydrogen (secondary N) is 2. The lowest BCUT2D eigenvalue weighted by Gasteiger charge is -2.27. The van der Waals surface area contributed by atoms with Crippen LogP contribution in [0.2, 0.25) is 0 Å². The minimum absolute atomic E-state index is 0.0795. The first-order chi connectivity index (χ1) is 18.8. The highest BCUT2D eigenvalue weighted by Crippen LogP contribution is 2.43. The Hall–Kier alpha value is -3.03. The van der Waals surface area contributed by atoms with Gasteiger partial charge in [-0.1, -0.05) is 36.4 Å². The molecule has 0 bridgehead atoms. The highest BCUT2D eigenvalue weighted by molar-refractivity contribution is 8.08. The molecule has 1 fully saturated rings. The molecule has 1 saturated heterocycles. The minimum Gasteiger partial charge on any atom is -0.461 e. The molecule has 2 heterocycles. The van der Waals surface area contributed by atoms with Gasteiger partial charge < -0.3 is 38.9 Å². The van der Waals surface area contributed by atoms with E-state index in [1.165, 1.54) is 6.92 Å². The molecule has 0 amide bonds. The molecular formula is C26H32N3O9PS. The van der Waals surface area contributed by atoms with Gasteiger partial charge in [-0.15, -0.1) is 0 Å². The van der Waals surface area contributed by atoms with E-state index in [9.17, 15) is 24.7 Å². The lowest BCUT2D eigenvalue weighted by molar-refractivity contribution is -0.0984. The van der Waals surface area contributed by atoms with Crippen molar-refractivity contribution in [1.82, 2.24) is 14.6 Å². The fraction of sp³-hybridized carbons (Fsp3) is 0.385. The summed E-state index contributed by atoms with van der Waals surface area (Å²) >= 11 is 5.28. The zero-order chi connectivity index (χ0) is 29.2. The second kappa shape index (κ2) is 11.8. The van der Waals surface area contributed by atoms with Crippen LogP contribution in [0.25, 0.3) is 10.8 Å². The van der Waals surface area contributed by atoms with E-state index in [1.54, 1.807) is 13.0 Å². The van der Waals surface area contributed by atoms with E-state index in [1.807, 2.05) is 50.2 Å². The predicted molar refractivity (Wildman–Crippen MR) is 151 cm³/mol. The van der Waals surface area contributed by atoms with Crippen LogP contribution >= 0.6 is 6.64 Å². The Labute approximate surface area is 235 Å². The van der Waals surface area contributed by atoms with Crippen molar-refractivity contribution >= 4 is 29.2 Å². The van der Waals surface area contributed by atoms with Crippen LogP contribution in [0.1, 0.15) is 33.9 Å². The number of aromatic amines is 1. The SMILES string of the molecule is CC(N[P@@](O)(=S)OC[C@H]1O[C@@H](n2ccc(=O)[nH]c2=O)[C@](C)(O)[C@@H]1O)=C(Oc1cccc2ccccc12)OC(C)C. The van der Waals surface area contributed by atoms with E-state index in [0.29, 0.717) is 5.75 Å². The number of nitrogens with zero attached hydrogens (tertiary/aromatic N) is 1. The number of hydrogen-bond acceptors (Lipinski definition) is 9. The molecule has 0 aliphatic carbocycles. The summed E-state index contributed by atoms with van der Waals surface area (Å²) in [6, 6.07) is 14.4. The summed E-state index contributed by atoms with van der Waals surface area (Å²) in [4.78, 5) is 36.6. The van der Waals surface area contributed by atoms with E-state index >= 15 is 0 Å². The third kappa shape index (κ3) is 6.64. The monoisotopic (exact) mass is 593 g/mol. The van der Waals surface area contributed by atoms with Gasteiger partial charge in [-0.05, 0) is 51.0 Å². The molecule has 3 aromatic rings. The zero-order valence-electron chi connectivity index (χ0n) is 22.3. The first-order valence-corrected chi connectivity index (χ1v) is 15.1. The highest BCUT2D eigenvalue weighted by Gasteiger charge is 2.53. The number of benzene rings is 2. The van der Waals surface area contributed by atoms with Crippen molar-refractivity contribution in [3.8, 4) is 5.75 Å². The van der Waals surface area contributed by atoms with Gasteiger partial charge in [-0.3, -0.25) is 14.3 Å². The molecule has 1 aromatic heterocycles. The van der Waals surface area contributed by atoms with Crippen LogP contribution in [-0.2, 0) is 25.8 Å². The Morgan fingerprint density at radius 3 is 2.62 bits per heavy atom. The van der Waals surface area contributed by atoms with Crippen LogP contribution in [0.15, 0.2) is 76.0 Å². The highest BCUT2D eigenvalue weighted by atomic mass is 32.5. The second-order valence-corrected chi connectivity index (χ2v) is 12.8. The third-order valence-corrected chi connectivity index (χ3v) is 7.89. The minimum atomic E-state index is -3.75. The maximum Gasteiger partial charge on any atom is 0.330 e. The molecule has 216 valence electrons. The summed E-state index contributed by atoms with van der Waals surface area (Å²) in [5.41, 5.74) is -3.11. The van der Waals surface area contributed by atoms with E-state index in [0.717, 1.165) is 27.6 Å². The maximum absolute atomic E-state index is 12.2. The summed E-state index contributed by atoms with van der Waals surface area (Å²) in [7, 11) is 0. The van der Waals surface area contributed by atoms with Crippen molar-refractivity contribution in [2.75, 3.05) is 6.61 Å². The molecule has 0 unspecified atom stereocenters. The molecule has 0 saturated carbocycles. The van der Waals surface area contributed by atoms with Crippen LogP contribution < -0.4 is 21.1 Å². The van der Waals surface area contributed by atoms with Crippen molar-refractivity contribution in [3.63, 3.8) is 0 Å². The van der Waals surface area contributed by atoms with Gasteiger partial charge in [0, 0.05) is 17.6 Å². The molecule has 0 spiro atoms. The molecule has 5 N–H and O–H groups in total. The van der Waals surface area contributed by atoms with Crippen molar-refractivity contribution < 1.29 is 33.8 Å². The number of H-pyrrole nitrogens is 1. The first kappa shape index (κ1) is 29.9. The molecule has 12 nitrogen and oxygen atoms in total. The number of allylic oxidation sites excluding steroid dienone is 1. The molecule has 0 radical (unpaired) electrons. The summed E-state index contributed by atoms with van der Waals surface area (Å²) in [5.74, 6) is 0.617. The van der Waals surface area contributed by atoms with Gasteiger partial charge in [-0.2, -0.15) is 0 Å². The Morgan fingerprint density at radius 1 is 1.23 bits per heavy atom. The Morgan fingerprint density at radius 2 is 1.93 bits per heavy atom. The fourth-order valence-corrected chi connectivity index (χ4v) is 5.76. The lowest BCUT2D eigenvalue weighted by Crippen LogP contribution is -2.46. The molecule has 2 aromatic carbocycles. The lowest BCUT2D eigenvalue weighted by atomic mass is 9.96. The molecular weight excluding hydrogens is 561 g/mol. The van der Waals surface area contributed by atoms with E-state index in [4.69, 9.17) is 30.5 Å². The van der Waals surface area contributed by atoms with Gasteiger partial charge in [0.2, 0.25) is 0 Å². The quantitative estimate of drug-likeness (QED) is 0.173. The number of aromatic nitrogens is 2. The van der Waals surface area contributed by atoms with Gasteiger partial charge in [-0.25, -0.2) is 4.79 Å². The fourth-order valence-electron chi connectivity index (χ4n) is 4.24. The number of hydrogen-bond donors (Lipinski definition) is 5. The van der Waals surface area contributed by atoms with Crippen molar-refractivity contribution in [2.24, 2.45) is 0 Å². The van der Waals surface area contributed by atoms with E-state index in [-0.39, 0.29) is 17.7 Å². The van der Waals surface area contributed by atoms with Gasteiger partial charge in [0.25, 0.3) is 12.2 Å². The number of aliphatic hydroxyl groups is 2. The summed E-state index contributed by atoms with van der Waals surface area (Å²) in [6.07, 6.45) is -3.15. The van der Waals surface area contributed by atoms with Crippen LogP contribution in [0.5, 0.6) is 5.75 Å². The van der Waals surface area contributed by atoms with E-state index < -0.39 is 48.5 Å². The standard InChI is InChI=1S/C26H32N3O9PS/c1-15(2)36-23(37-19-11-7-9-17-8-5-6-10-18(17)19)16(3)28-39(34,40)35-14-20-22(31)26(4,33)24(38-20)29-13-12-21(30)27-25(29)32/h5-13,15,20,22,24,31,33H,14H2,1-4H3,(H,27,30,32)(H2,28,34,40)/t20-,22-,24-,26-,39+/m1/s1. The van der Waals surface area contributed by atoms with Crippen LogP contribution in [0.3, 0.4) is 0 Å². The van der Waals surface area contributed by atoms with Gasteiger partial charge >= 0.3 is 11.6 Å². The first-order valence-electron chi connectivity index (χ1n) is 12.4. The van der Waals surface area contributed by atoms with Crippen molar-refractivity contribution in [3.05, 3.63) is 87.2 Å². The van der Waals surface area contributed by atoms with Crippen LogP contribution in [0.4, 0.5) is 0 Å². The number of fused-ring (bicyclic) bond motifs is 1. The van der Waals surface area contributed by atoms with Crippen molar-refractivity contribution in [1.29, 1.82) is 0 Å². The predicted octanol–water partition coefficient (Wildman–Crippen LogP) is 2.22. The van der Waals surface area contributed by atoms with E-state index in [2.05, 4.69) is 10.1 Å². The molecule has 5 atom stereocenters. The number of aliphatic hydroxyl groups excluding tert-OH is 1. The molecule has 1 aliphatic heterocycles. The van der Waals surface area contributed by atoms with Crippen LogP contribution in [-0.4, -0.2) is 55.2 Å². The second-order valence-electron chi connectivity index (χ2n) is 9.80. The average molecular weight is 594 g/mol. The Kier molecular flexibility index (Phi) is 8.86. The zero-order valence-corrected chi connectivity index (χ0v) is 24.0. The van der Waals surface area contributed by atoms with Gasteiger partial charge in [0.05, 0.1) is 18.4 Å². The average Bonchev–Trinajstić information content (AvgIpc) is 3.10. The largest absolute Gasteiger partial charge is 0.461 e. The summed E-state index contributed by atoms with van der Waals surface area (Å²) in [6.45, 7) is 2.35. The van der Waals surface area contributed by atoms with Crippen LogP contribution in [0, 0.1) is 0 Å². The summed E-state index contributed by atoms with van der Waals surface area (Å²) < 4.78 is 24.1. The number of rotatable bonds is 10. The Balaban J connectivity index is 1.50. The topological polar surface area (TPSA) is 164 Å². The molecule has 4 rings (SSSR count). The smallest absolute Gasteiger partial charge is 0.330 e. The number of ether oxygens (including phenoxy) is 3. The maximum atomic E-state index is 12.2. The Bertz CT molecular complexity index is 1560.